The Balaban J connectivity index is 1.55. The minimum absolute atomic E-state index is 0.146. The van der Waals surface area contributed by atoms with Gasteiger partial charge in [-0.25, -0.2) is 9.07 Å². The summed E-state index contributed by atoms with van der Waals surface area (Å²) in [4.78, 5) is 28.9. The van der Waals surface area contributed by atoms with Gasteiger partial charge < -0.3 is 9.73 Å². The number of furan rings is 1. The summed E-state index contributed by atoms with van der Waals surface area (Å²) in [6.07, 6.45) is 1.52. The number of benzene rings is 3. The number of rotatable bonds is 8. The number of carbonyl (C=O) groups excluding carboxylic acids is 2. The van der Waals surface area contributed by atoms with Crippen LogP contribution in [0, 0.1) is 12.7 Å². The van der Waals surface area contributed by atoms with E-state index in [1.165, 1.54) is 40.1 Å². The highest BCUT2D eigenvalue weighted by molar-refractivity contribution is 6.01. The van der Waals surface area contributed by atoms with Gasteiger partial charge in [0.05, 0.1) is 18.3 Å². The van der Waals surface area contributed by atoms with Gasteiger partial charge in [0.15, 0.2) is 0 Å². The van der Waals surface area contributed by atoms with Crippen molar-refractivity contribution in [2.24, 2.45) is 0 Å². The molecule has 0 bridgehead atoms. The Morgan fingerprint density at radius 2 is 1.76 bits per heavy atom. The van der Waals surface area contributed by atoms with Crippen LogP contribution >= 0.6 is 0 Å². The average molecular weight is 498 g/mol. The fourth-order valence-corrected chi connectivity index (χ4v) is 4.13. The van der Waals surface area contributed by atoms with Gasteiger partial charge >= 0.3 is 0 Å². The SMILES string of the molecule is Cc1ccc([C@@H](C(=O)NCc2ccco2)N(C(=O)Cn2nnc3ccccc32)c2ccc(F)cc2)cc1. The van der Waals surface area contributed by atoms with Crippen molar-refractivity contribution >= 4 is 28.5 Å². The minimum atomic E-state index is -1.04. The predicted molar refractivity (Wildman–Crippen MR) is 136 cm³/mol. The summed E-state index contributed by atoms with van der Waals surface area (Å²) in [7, 11) is 0. The van der Waals surface area contributed by atoms with E-state index in [1.807, 2.05) is 37.3 Å². The van der Waals surface area contributed by atoms with E-state index in [0.29, 0.717) is 28.0 Å². The molecule has 0 aliphatic heterocycles. The molecular formula is C28H24FN5O3. The second kappa shape index (κ2) is 10.4. The Bertz CT molecular complexity index is 1510. The van der Waals surface area contributed by atoms with E-state index in [9.17, 15) is 14.0 Å². The number of halogens is 1. The van der Waals surface area contributed by atoms with Gasteiger partial charge in [-0.2, -0.15) is 0 Å². The van der Waals surface area contributed by atoms with Crippen LogP contribution in [0.1, 0.15) is 22.9 Å². The second-order valence-electron chi connectivity index (χ2n) is 8.59. The predicted octanol–water partition coefficient (Wildman–Crippen LogP) is 4.56. The standard InChI is InChI=1S/C28H24FN5O3/c1-19-8-10-20(11-9-19)27(28(36)30-17-23-5-4-16-37-23)34(22-14-12-21(29)13-15-22)26(35)18-33-25-7-3-2-6-24(25)31-32-33/h2-16,27H,17-18H2,1H3,(H,30,36)/t27-/m0/s1. The van der Waals surface area contributed by atoms with Crippen molar-refractivity contribution in [1.29, 1.82) is 0 Å². The van der Waals surface area contributed by atoms with Gasteiger partial charge in [0.2, 0.25) is 11.8 Å². The molecule has 8 nitrogen and oxygen atoms in total. The lowest BCUT2D eigenvalue weighted by Gasteiger charge is -2.31. The molecule has 2 aromatic heterocycles. The first-order valence-electron chi connectivity index (χ1n) is 11.7. The summed E-state index contributed by atoms with van der Waals surface area (Å²) in [6.45, 7) is 1.91. The highest BCUT2D eigenvalue weighted by Crippen LogP contribution is 2.29. The van der Waals surface area contributed by atoms with Crippen LogP contribution in [0.5, 0.6) is 0 Å². The number of carbonyl (C=O) groups is 2. The lowest BCUT2D eigenvalue weighted by atomic mass is 10.0. The molecule has 1 N–H and O–H groups in total. The Labute approximate surface area is 212 Å². The molecule has 0 fully saturated rings. The molecule has 2 amide bonds. The Morgan fingerprint density at radius 1 is 1.00 bits per heavy atom. The fraction of sp³-hybridized carbons (Fsp3) is 0.143. The molecule has 5 aromatic rings. The van der Waals surface area contributed by atoms with Crippen LogP contribution in [0.4, 0.5) is 10.1 Å². The molecule has 1 atom stereocenters. The number of fused-ring (bicyclic) bond motifs is 1. The highest BCUT2D eigenvalue weighted by atomic mass is 19.1. The molecule has 0 saturated carbocycles. The summed E-state index contributed by atoms with van der Waals surface area (Å²) in [5, 5.41) is 11.1. The van der Waals surface area contributed by atoms with Gasteiger partial charge in [-0.1, -0.05) is 47.2 Å². The quantitative estimate of drug-likeness (QED) is 0.339. The second-order valence-corrected chi connectivity index (χ2v) is 8.59. The number of hydrogen-bond acceptors (Lipinski definition) is 5. The number of anilines is 1. The Hall–Kier alpha value is -4.79. The van der Waals surface area contributed by atoms with Crippen molar-refractivity contribution in [3.05, 3.63) is 114 Å². The smallest absolute Gasteiger partial charge is 0.249 e. The number of nitrogens with zero attached hydrogens (tertiary/aromatic N) is 4. The summed E-state index contributed by atoms with van der Waals surface area (Å²) >= 11 is 0. The van der Waals surface area contributed by atoms with Crippen LogP contribution in [0.25, 0.3) is 11.0 Å². The zero-order valence-electron chi connectivity index (χ0n) is 20.0. The minimum Gasteiger partial charge on any atom is -0.467 e. The first-order valence-corrected chi connectivity index (χ1v) is 11.7. The molecule has 2 heterocycles. The zero-order chi connectivity index (χ0) is 25.8. The summed E-state index contributed by atoms with van der Waals surface area (Å²) in [6, 6.07) is 22.6. The molecule has 0 radical (unpaired) electrons. The molecule has 0 unspecified atom stereocenters. The zero-order valence-corrected chi connectivity index (χ0v) is 20.0. The van der Waals surface area contributed by atoms with Crippen LogP contribution in [0.3, 0.4) is 0 Å². The van der Waals surface area contributed by atoms with Crippen molar-refractivity contribution in [2.75, 3.05) is 4.90 Å². The first-order chi connectivity index (χ1) is 18.0. The van der Waals surface area contributed by atoms with E-state index in [0.717, 1.165) is 5.56 Å². The molecule has 0 saturated heterocycles. The van der Waals surface area contributed by atoms with Crippen molar-refractivity contribution in [3.63, 3.8) is 0 Å². The number of aryl methyl sites for hydroxylation is 1. The largest absolute Gasteiger partial charge is 0.467 e. The van der Waals surface area contributed by atoms with E-state index in [2.05, 4.69) is 15.6 Å². The maximum atomic E-state index is 13.9. The van der Waals surface area contributed by atoms with E-state index in [-0.39, 0.29) is 13.1 Å². The highest BCUT2D eigenvalue weighted by Gasteiger charge is 2.33. The number of aromatic nitrogens is 3. The van der Waals surface area contributed by atoms with E-state index < -0.39 is 23.7 Å². The van der Waals surface area contributed by atoms with Gasteiger partial charge in [0, 0.05) is 5.69 Å². The van der Waals surface area contributed by atoms with Gasteiger partial charge in [0.1, 0.15) is 29.7 Å². The van der Waals surface area contributed by atoms with E-state index in [1.54, 1.807) is 30.3 Å². The topological polar surface area (TPSA) is 93.3 Å². The van der Waals surface area contributed by atoms with Crippen LogP contribution in [-0.4, -0.2) is 26.8 Å². The van der Waals surface area contributed by atoms with Crippen molar-refractivity contribution in [3.8, 4) is 0 Å². The van der Waals surface area contributed by atoms with Gasteiger partial charge in [-0.3, -0.25) is 14.5 Å². The average Bonchev–Trinajstić information content (AvgIpc) is 3.58. The molecular weight excluding hydrogens is 473 g/mol. The van der Waals surface area contributed by atoms with E-state index in [4.69, 9.17) is 4.42 Å². The van der Waals surface area contributed by atoms with Gasteiger partial charge in [0.25, 0.3) is 0 Å². The normalized spacial score (nSPS) is 11.8. The molecule has 0 spiro atoms. The van der Waals surface area contributed by atoms with Crippen LogP contribution in [0.15, 0.2) is 95.6 Å². The van der Waals surface area contributed by atoms with Crippen LogP contribution in [-0.2, 0) is 22.7 Å². The molecule has 37 heavy (non-hydrogen) atoms. The maximum Gasteiger partial charge on any atom is 0.249 e. The van der Waals surface area contributed by atoms with Crippen molar-refractivity contribution < 1.29 is 18.4 Å². The third kappa shape index (κ3) is 5.25. The molecule has 5 rings (SSSR count). The Morgan fingerprint density at radius 3 is 2.49 bits per heavy atom. The fourth-order valence-electron chi connectivity index (χ4n) is 4.13. The summed E-state index contributed by atoms with van der Waals surface area (Å²) < 4.78 is 20.7. The van der Waals surface area contributed by atoms with Crippen LogP contribution in [0.2, 0.25) is 0 Å². The summed E-state index contributed by atoms with van der Waals surface area (Å²) in [5.41, 5.74) is 3.31. The molecule has 186 valence electrons. The third-order valence-corrected chi connectivity index (χ3v) is 6.00. The lowest BCUT2D eigenvalue weighted by Crippen LogP contribution is -2.45. The number of amides is 2. The monoisotopic (exact) mass is 497 g/mol. The number of nitrogens with one attached hydrogen (secondary N) is 1. The van der Waals surface area contributed by atoms with Gasteiger partial charge in [-0.15, -0.1) is 5.10 Å². The molecule has 0 aliphatic carbocycles. The van der Waals surface area contributed by atoms with Crippen molar-refractivity contribution in [2.45, 2.75) is 26.1 Å². The lowest BCUT2D eigenvalue weighted by molar-refractivity contribution is -0.127. The van der Waals surface area contributed by atoms with E-state index >= 15 is 0 Å². The maximum absolute atomic E-state index is 13.9. The summed E-state index contributed by atoms with van der Waals surface area (Å²) in [5.74, 6) is -0.709. The van der Waals surface area contributed by atoms with Gasteiger partial charge in [-0.05, 0) is 61.0 Å². The molecule has 3 aromatic carbocycles. The number of hydrogen-bond donors (Lipinski definition) is 1. The van der Waals surface area contributed by atoms with Crippen molar-refractivity contribution in [1.82, 2.24) is 20.3 Å². The first kappa shape index (κ1) is 23.9. The molecule has 9 heteroatoms. The number of para-hydroxylation sites is 1. The Kier molecular flexibility index (Phi) is 6.76. The third-order valence-electron chi connectivity index (χ3n) is 6.00. The molecule has 0 aliphatic rings. The van der Waals surface area contributed by atoms with Crippen LogP contribution < -0.4 is 10.2 Å².